The first-order valence-electron chi connectivity index (χ1n) is 7.20. The van der Waals surface area contributed by atoms with E-state index in [-0.39, 0.29) is 0 Å². The summed E-state index contributed by atoms with van der Waals surface area (Å²) in [6.45, 7) is 4.68. The molecule has 0 amide bonds. The minimum absolute atomic E-state index is 0.394. The van der Waals surface area contributed by atoms with Gasteiger partial charge in [0.2, 0.25) is 0 Å². The highest BCUT2D eigenvalue weighted by molar-refractivity contribution is 5.89. The molecule has 2 aromatic carbocycles. The lowest BCUT2D eigenvalue weighted by Gasteiger charge is -2.35. The van der Waals surface area contributed by atoms with Gasteiger partial charge in [-0.15, -0.1) is 0 Å². The van der Waals surface area contributed by atoms with Crippen LogP contribution in [0, 0.1) is 6.92 Å². The summed E-state index contributed by atoms with van der Waals surface area (Å²) in [5.41, 5.74) is 3.36. The van der Waals surface area contributed by atoms with E-state index in [1.54, 1.807) is 5.56 Å². The molecule has 0 heteroatoms. The van der Waals surface area contributed by atoms with Gasteiger partial charge in [-0.05, 0) is 47.1 Å². The highest BCUT2D eigenvalue weighted by Crippen LogP contribution is 2.42. The molecule has 1 saturated carbocycles. The van der Waals surface area contributed by atoms with E-state index >= 15 is 0 Å². The molecular formula is C18H22. The molecule has 0 aromatic heterocycles. The summed E-state index contributed by atoms with van der Waals surface area (Å²) in [6, 6.07) is 13.6. The standard InChI is InChI=1S/C18H22/c1-14-8-6-10-16-15(14)9-7-11-17(16)18(2)12-4-3-5-13-18/h6-11H,3-5,12-13H2,1-2H3. The van der Waals surface area contributed by atoms with Crippen molar-refractivity contribution in [2.45, 2.75) is 51.4 Å². The Morgan fingerprint density at radius 2 is 1.50 bits per heavy atom. The first kappa shape index (κ1) is 11.8. The summed E-state index contributed by atoms with van der Waals surface area (Å²) >= 11 is 0. The third kappa shape index (κ3) is 1.84. The summed E-state index contributed by atoms with van der Waals surface area (Å²) < 4.78 is 0. The van der Waals surface area contributed by atoms with E-state index in [0.29, 0.717) is 5.41 Å². The van der Waals surface area contributed by atoms with Gasteiger partial charge in [-0.3, -0.25) is 0 Å². The minimum Gasteiger partial charge on any atom is -0.0614 e. The molecule has 0 spiro atoms. The van der Waals surface area contributed by atoms with Gasteiger partial charge in [0.1, 0.15) is 0 Å². The highest BCUT2D eigenvalue weighted by Gasteiger charge is 2.29. The van der Waals surface area contributed by atoms with Crippen LogP contribution in [0.15, 0.2) is 36.4 Å². The molecule has 0 unspecified atom stereocenters. The van der Waals surface area contributed by atoms with Crippen LogP contribution in [0.5, 0.6) is 0 Å². The second-order valence-electron chi connectivity index (χ2n) is 6.10. The van der Waals surface area contributed by atoms with Crippen molar-refractivity contribution >= 4 is 10.8 Å². The van der Waals surface area contributed by atoms with Gasteiger partial charge in [0.15, 0.2) is 0 Å². The lowest BCUT2D eigenvalue weighted by Crippen LogP contribution is -2.25. The summed E-state index contributed by atoms with van der Waals surface area (Å²) in [7, 11) is 0. The maximum Gasteiger partial charge on any atom is -0.00691 e. The van der Waals surface area contributed by atoms with Gasteiger partial charge in [0.05, 0.1) is 0 Å². The Bertz CT molecular complexity index is 559. The molecular weight excluding hydrogens is 216 g/mol. The number of hydrogen-bond acceptors (Lipinski definition) is 0. The number of aryl methyl sites for hydroxylation is 1. The number of fused-ring (bicyclic) bond motifs is 1. The van der Waals surface area contributed by atoms with E-state index in [2.05, 4.69) is 50.2 Å². The molecule has 0 aliphatic heterocycles. The molecule has 0 saturated heterocycles. The quantitative estimate of drug-likeness (QED) is 0.626. The van der Waals surface area contributed by atoms with Crippen molar-refractivity contribution in [1.29, 1.82) is 0 Å². The number of hydrogen-bond donors (Lipinski definition) is 0. The van der Waals surface area contributed by atoms with Crippen molar-refractivity contribution in [1.82, 2.24) is 0 Å². The number of rotatable bonds is 1. The second kappa shape index (κ2) is 4.42. The molecule has 2 aromatic rings. The van der Waals surface area contributed by atoms with E-state index in [1.807, 2.05) is 0 Å². The van der Waals surface area contributed by atoms with Crippen LogP contribution < -0.4 is 0 Å². The van der Waals surface area contributed by atoms with Crippen molar-refractivity contribution in [3.8, 4) is 0 Å². The van der Waals surface area contributed by atoms with Crippen LogP contribution in [-0.4, -0.2) is 0 Å². The molecule has 1 fully saturated rings. The molecule has 0 bridgehead atoms. The van der Waals surface area contributed by atoms with Crippen LogP contribution in [-0.2, 0) is 5.41 Å². The van der Waals surface area contributed by atoms with E-state index < -0.39 is 0 Å². The van der Waals surface area contributed by atoms with Crippen LogP contribution in [0.3, 0.4) is 0 Å². The first-order valence-corrected chi connectivity index (χ1v) is 7.20. The Labute approximate surface area is 110 Å². The molecule has 1 aliphatic rings. The smallest absolute Gasteiger partial charge is 0.00691 e. The largest absolute Gasteiger partial charge is 0.0614 e. The summed E-state index contributed by atoms with van der Waals surface area (Å²) in [5.74, 6) is 0. The van der Waals surface area contributed by atoms with Crippen LogP contribution >= 0.6 is 0 Å². The van der Waals surface area contributed by atoms with Gasteiger partial charge in [0, 0.05) is 0 Å². The SMILES string of the molecule is Cc1cccc2c(C3(C)CCCCC3)cccc12. The zero-order chi connectivity index (χ0) is 12.6. The van der Waals surface area contributed by atoms with Crippen molar-refractivity contribution in [2.24, 2.45) is 0 Å². The fourth-order valence-corrected chi connectivity index (χ4v) is 3.59. The van der Waals surface area contributed by atoms with Crippen LogP contribution in [0.2, 0.25) is 0 Å². The third-order valence-electron chi connectivity index (χ3n) is 4.75. The number of benzene rings is 2. The van der Waals surface area contributed by atoms with Gasteiger partial charge in [-0.25, -0.2) is 0 Å². The van der Waals surface area contributed by atoms with E-state index in [1.165, 1.54) is 48.4 Å². The maximum atomic E-state index is 2.46. The molecule has 18 heavy (non-hydrogen) atoms. The average molecular weight is 238 g/mol. The van der Waals surface area contributed by atoms with Gasteiger partial charge in [0.25, 0.3) is 0 Å². The van der Waals surface area contributed by atoms with Crippen molar-refractivity contribution in [3.05, 3.63) is 47.5 Å². The zero-order valence-electron chi connectivity index (χ0n) is 11.5. The van der Waals surface area contributed by atoms with Crippen LogP contribution in [0.25, 0.3) is 10.8 Å². The predicted molar refractivity (Wildman–Crippen MR) is 79.1 cm³/mol. The molecule has 0 heterocycles. The molecule has 1 aliphatic carbocycles. The Balaban J connectivity index is 2.20. The van der Waals surface area contributed by atoms with Gasteiger partial charge in [-0.1, -0.05) is 62.6 Å². The molecule has 0 radical (unpaired) electrons. The van der Waals surface area contributed by atoms with E-state index in [4.69, 9.17) is 0 Å². The Morgan fingerprint density at radius 1 is 0.833 bits per heavy atom. The van der Waals surface area contributed by atoms with Crippen LogP contribution in [0.1, 0.15) is 50.2 Å². The van der Waals surface area contributed by atoms with E-state index in [0.717, 1.165) is 0 Å². The van der Waals surface area contributed by atoms with Gasteiger partial charge < -0.3 is 0 Å². The Hall–Kier alpha value is -1.30. The lowest BCUT2D eigenvalue weighted by atomic mass is 9.69. The summed E-state index contributed by atoms with van der Waals surface area (Å²) in [5, 5.41) is 2.91. The van der Waals surface area contributed by atoms with Crippen molar-refractivity contribution in [3.63, 3.8) is 0 Å². The minimum atomic E-state index is 0.394. The normalized spacial score (nSPS) is 19.0. The summed E-state index contributed by atoms with van der Waals surface area (Å²) in [6.07, 6.45) is 6.89. The van der Waals surface area contributed by atoms with Crippen molar-refractivity contribution in [2.75, 3.05) is 0 Å². The zero-order valence-corrected chi connectivity index (χ0v) is 11.5. The Kier molecular flexibility index (Phi) is 2.89. The molecule has 0 nitrogen and oxygen atoms in total. The topological polar surface area (TPSA) is 0 Å². The summed E-state index contributed by atoms with van der Waals surface area (Å²) in [4.78, 5) is 0. The van der Waals surface area contributed by atoms with Gasteiger partial charge in [-0.2, -0.15) is 0 Å². The predicted octanol–water partition coefficient (Wildman–Crippen LogP) is 5.37. The second-order valence-corrected chi connectivity index (χ2v) is 6.10. The monoisotopic (exact) mass is 238 g/mol. The molecule has 3 rings (SSSR count). The maximum absolute atomic E-state index is 2.46. The first-order chi connectivity index (χ1) is 8.71. The lowest BCUT2D eigenvalue weighted by molar-refractivity contribution is 0.322. The fraction of sp³-hybridized carbons (Fsp3) is 0.444. The molecule has 94 valence electrons. The van der Waals surface area contributed by atoms with Crippen LogP contribution in [0.4, 0.5) is 0 Å². The third-order valence-corrected chi connectivity index (χ3v) is 4.75. The Morgan fingerprint density at radius 3 is 2.28 bits per heavy atom. The van der Waals surface area contributed by atoms with Crippen molar-refractivity contribution < 1.29 is 0 Å². The fourth-order valence-electron chi connectivity index (χ4n) is 3.59. The average Bonchev–Trinajstić information content (AvgIpc) is 2.39. The van der Waals surface area contributed by atoms with Gasteiger partial charge >= 0.3 is 0 Å². The molecule has 0 N–H and O–H groups in total. The molecule has 0 atom stereocenters. The highest BCUT2D eigenvalue weighted by atomic mass is 14.3. The van der Waals surface area contributed by atoms with E-state index in [9.17, 15) is 0 Å².